The lowest BCUT2D eigenvalue weighted by atomic mass is 10.1. The van der Waals surface area contributed by atoms with Gasteiger partial charge < -0.3 is 19.4 Å². The average molecular weight is 339 g/mol. The third-order valence-electron chi connectivity index (χ3n) is 4.66. The molecule has 7 heteroatoms. The summed E-state index contributed by atoms with van der Waals surface area (Å²) in [6.45, 7) is 4.99. The second kappa shape index (κ2) is 9.61. The van der Waals surface area contributed by atoms with Gasteiger partial charge in [-0.05, 0) is 26.3 Å². The van der Waals surface area contributed by atoms with Gasteiger partial charge in [-0.2, -0.15) is 0 Å². The van der Waals surface area contributed by atoms with Crippen LogP contribution in [0, 0.1) is 0 Å². The Hall–Kier alpha value is -1.63. The molecule has 0 N–H and O–H groups in total. The smallest absolute Gasteiger partial charge is 0.306 e. The Morgan fingerprint density at radius 2 is 1.79 bits per heavy atom. The van der Waals surface area contributed by atoms with Gasteiger partial charge >= 0.3 is 5.97 Å². The standard InChI is InChI=1S/C17H29N3O4/c1-18-10-12-20(13-11-18)16(22)6-7-17(23)24-14-4-9-19-8-3-2-5-15(19)21/h2-14H2,1H3. The van der Waals surface area contributed by atoms with E-state index in [9.17, 15) is 14.4 Å². The number of hydrogen-bond acceptors (Lipinski definition) is 5. The molecule has 2 rings (SSSR count). The lowest BCUT2D eigenvalue weighted by Crippen LogP contribution is -2.47. The van der Waals surface area contributed by atoms with Crippen LogP contribution in [0.15, 0.2) is 0 Å². The van der Waals surface area contributed by atoms with Crippen molar-refractivity contribution >= 4 is 17.8 Å². The monoisotopic (exact) mass is 339 g/mol. The molecule has 2 aliphatic rings. The molecule has 2 heterocycles. The third kappa shape index (κ3) is 6.11. The first-order valence-electron chi connectivity index (χ1n) is 8.96. The van der Waals surface area contributed by atoms with Crippen molar-refractivity contribution in [3.63, 3.8) is 0 Å². The van der Waals surface area contributed by atoms with Crippen LogP contribution in [0.5, 0.6) is 0 Å². The SMILES string of the molecule is CN1CCN(C(=O)CCC(=O)OCCCN2CCCCC2=O)CC1. The van der Waals surface area contributed by atoms with E-state index in [1.165, 1.54) is 0 Å². The predicted octanol–water partition coefficient (Wildman–Crippen LogP) is 0.486. The molecule has 0 aliphatic carbocycles. The molecule has 0 atom stereocenters. The van der Waals surface area contributed by atoms with E-state index < -0.39 is 0 Å². The number of carbonyl (C=O) groups excluding carboxylic acids is 3. The van der Waals surface area contributed by atoms with E-state index in [1.54, 1.807) is 0 Å². The van der Waals surface area contributed by atoms with Crippen LogP contribution in [0.2, 0.25) is 0 Å². The summed E-state index contributed by atoms with van der Waals surface area (Å²) in [5.41, 5.74) is 0. The van der Waals surface area contributed by atoms with E-state index in [0.717, 1.165) is 45.6 Å². The lowest BCUT2D eigenvalue weighted by Gasteiger charge is -2.32. The molecule has 2 saturated heterocycles. The predicted molar refractivity (Wildman–Crippen MR) is 89.3 cm³/mol. The van der Waals surface area contributed by atoms with Gasteiger partial charge in [0.25, 0.3) is 0 Å². The number of rotatable bonds is 7. The summed E-state index contributed by atoms with van der Waals surface area (Å²) < 4.78 is 5.17. The topological polar surface area (TPSA) is 70.2 Å². The van der Waals surface area contributed by atoms with Crippen molar-refractivity contribution in [2.24, 2.45) is 0 Å². The van der Waals surface area contributed by atoms with E-state index in [4.69, 9.17) is 4.74 Å². The summed E-state index contributed by atoms with van der Waals surface area (Å²) in [5, 5.41) is 0. The number of piperazine rings is 1. The minimum atomic E-state index is -0.331. The molecule has 136 valence electrons. The fourth-order valence-corrected chi connectivity index (χ4v) is 3.03. The third-order valence-corrected chi connectivity index (χ3v) is 4.66. The van der Waals surface area contributed by atoms with Gasteiger partial charge in [0.15, 0.2) is 0 Å². The van der Waals surface area contributed by atoms with Gasteiger partial charge in [0.05, 0.1) is 13.0 Å². The summed E-state index contributed by atoms with van der Waals surface area (Å²) >= 11 is 0. The molecule has 24 heavy (non-hydrogen) atoms. The lowest BCUT2D eigenvalue weighted by molar-refractivity contribution is -0.146. The highest BCUT2D eigenvalue weighted by Gasteiger charge is 2.20. The molecular formula is C17H29N3O4. The normalized spacial score (nSPS) is 19.5. The number of hydrogen-bond donors (Lipinski definition) is 0. The number of amides is 2. The largest absolute Gasteiger partial charge is 0.466 e. The van der Waals surface area contributed by atoms with Gasteiger partial charge in [0, 0.05) is 52.1 Å². The molecule has 7 nitrogen and oxygen atoms in total. The fraction of sp³-hybridized carbons (Fsp3) is 0.824. The van der Waals surface area contributed by atoms with Gasteiger partial charge in [-0.3, -0.25) is 14.4 Å². The summed E-state index contributed by atoms with van der Waals surface area (Å²) in [5.74, 6) is -0.105. The average Bonchev–Trinajstić information content (AvgIpc) is 2.58. The van der Waals surface area contributed by atoms with Crippen molar-refractivity contribution in [3.05, 3.63) is 0 Å². The molecule has 2 amide bonds. The Morgan fingerprint density at radius 1 is 1.04 bits per heavy atom. The zero-order chi connectivity index (χ0) is 17.4. The Bertz CT molecular complexity index is 447. The Labute approximate surface area is 143 Å². The van der Waals surface area contributed by atoms with Gasteiger partial charge in [-0.1, -0.05) is 0 Å². The minimum absolute atomic E-state index is 0.0268. The zero-order valence-corrected chi connectivity index (χ0v) is 14.7. The summed E-state index contributed by atoms with van der Waals surface area (Å²) in [6, 6.07) is 0. The van der Waals surface area contributed by atoms with Crippen molar-refractivity contribution in [1.82, 2.24) is 14.7 Å². The maximum atomic E-state index is 12.0. The van der Waals surface area contributed by atoms with E-state index >= 15 is 0 Å². The van der Waals surface area contributed by atoms with Crippen LogP contribution in [0.3, 0.4) is 0 Å². The van der Waals surface area contributed by atoms with Crippen LogP contribution in [0.1, 0.15) is 38.5 Å². The zero-order valence-electron chi connectivity index (χ0n) is 14.7. The number of carbonyl (C=O) groups is 3. The highest BCUT2D eigenvalue weighted by Crippen LogP contribution is 2.10. The highest BCUT2D eigenvalue weighted by molar-refractivity contribution is 5.81. The van der Waals surface area contributed by atoms with Crippen molar-refractivity contribution in [3.8, 4) is 0 Å². The Balaban J connectivity index is 1.53. The molecule has 0 radical (unpaired) electrons. The number of nitrogens with zero attached hydrogens (tertiary/aromatic N) is 3. The molecule has 2 aliphatic heterocycles. The van der Waals surface area contributed by atoms with Crippen LogP contribution < -0.4 is 0 Å². The van der Waals surface area contributed by atoms with Crippen LogP contribution in [-0.4, -0.2) is 85.4 Å². The van der Waals surface area contributed by atoms with Gasteiger partial charge in [0.2, 0.25) is 11.8 Å². The van der Waals surface area contributed by atoms with Gasteiger partial charge in [-0.25, -0.2) is 0 Å². The second-order valence-electron chi connectivity index (χ2n) is 6.60. The maximum Gasteiger partial charge on any atom is 0.306 e. The quantitative estimate of drug-likeness (QED) is 0.499. The number of piperidine rings is 1. The van der Waals surface area contributed by atoms with Crippen LogP contribution >= 0.6 is 0 Å². The van der Waals surface area contributed by atoms with E-state index in [0.29, 0.717) is 26.0 Å². The summed E-state index contributed by atoms with van der Waals surface area (Å²) in [4.78, 5) is 41.2. The molecule has 0 bridgehead atoms. The van der Waals surface area contributed by atoms with Crippen LogP contribution in [0.25, 0.3) is 0 Å². The number of ether oxygens (including phenoxy) is 1. The van der Waals surface area contributed by atoms with Crippen molar-refractivity contribution in [2.75, 3.05) is 52.9 Å². The number of likely N-dealkylation sites (tertiary alicyclic amines) is 1. The molecule has 0 spiro atoms. The highest BCUT2D eigenvalue weighted by atomic mass is 16.5. The summed E-state index contributed by atoms with van der Waals surface area (Å²) in [7, 11) is 2.04. The number of likely N-dealkylation sites (N-methyl/N-ethyl adjacent to an activating group) is 1. The Morgan fingerprint density at radius 3 is 2.50 bits per heavy atom. The van der Waals surface area contributed by atoms with E-state index in [2.05, 4.69) is 4.90 Å². The van der Waals surface area contributed by atoms with Gasteiger partial charge in [0.1, 0.15) is 0 Å². The molecule has 0 aromatic carbocycles. The van der Waals surface area contributed by atoms with Crippen molar-refractivity contribution < 1.29 is 19.1 Å². The minimum Gasteiger partial charge on any atom is -0.466 e. The van der Waals surface area contributed by atoms with E-state index in [-0.39, 0.29) is 30.6 Å². The molecule has 0 unspecified atom stereocenters. The maximum absolute atomic E-state index is 12.0. The first-order valence-corrected chi connectivity index (χ1v) is 8.96. The van der Waals surface area contributed by atoms with Crippen LogP contribution in [0.4, 0.5) is 0 Å². The first kappa shape index (κ1) is 18.7. The molecular weight excluding hydrogens is 310 g/mol. The molecule has 0 aromatic heterocycles. The van der Waals surface area contributed by atoms with Crippen molar-refractivity contribution in [2.45, 2.75) is 38.5 Å². The second-order valence-corrected chi connectivity index (χ2v) is 6.60. The molecule has 0 saturated carbocycles. The molecule has 0 aromatic rings. The van der Waals surface area contributed by atoms with Crippen LogP contribution in [-0.2, 0) is 19.1 Å². The number of esters is 1. The Kier molecular flexibility index (Phi) is 7.49. The van der Waals surface area contributed by atoms with Crippen molar-refractivity contribution in [1.29, 1.82) is 0 Å². The van der Waals surface area contributed by atoms with Gasteiger partial charge in [-0.15, -0.1) is 0 Å². The van der Waals surface area contributed by atoms with E-state index in [1.807, 2.05) is 16.8 Å². The first-order chi connectivity index (χ1) is 11.6. The fourth-order valence-electron chi connectivity index (χ4n) is 3.03. The summed E-state index contributed by atoms with van der Waals surface area (Å²) in [6.07, 6.45) is 3.67. The molecule has 2 fully saturated rings.